The van der Waals surface area contributed by atoms with Crippen molar-refractivity contribution in [1.29, 1.82) is 0 Å². The zero-order chi connectivity index (χ0) is 29.4. The Morgan fingerprint density at radius 3 is 2.45 bits per heavy atom. The predicted molar refractivity (Wildman–Crippen MR) is 128 cm³/mol. The Hall–Kier alpha value is -3.71. The van der Waals surface area contributed by atoms with Crippen molar-refractivity contribution in [2.45, 2.75) is 51.0 Å². The van der Waals surface area contributed by atoms with Crippen LogP contribution < -0.4 is 15.4 Å². The van der Waals surface area contributed by atoms with Gasteiger partial charge in [-0.1, -0.05) is 18.9 Å². The Kier molecular flexibility index (Phi) is 8.08. The molecular formula is C26H25F7N4O3. The number of aromatic nitrogens is 2. The van der Waals surface area contributed by atoms with Gasteiger partial charge >= 0.3 is 12.4 Å². The number of alkyl halides is 6. The van der Waals surface area contributed by atoms with Crippen molar-refractivity contribution in [1.82, 2.24) is 15.3 Å². The van der Waals surface area contributed by atoms with Crippen molar-refractivity contribution in [3.8, 4) is 5.88 Å². The molecule has 4 rings (SSSR count). The summed E-state index contributed by atoms with van der Waals surface area (Å²) >= 11 is 0. The van der Waals surface area contributed by atoms with E-state index in [1.54, 1.807) is 0 Å². The topological polar surface area (TPSA) is 93.2 Å². The third-order valence-electron chi connectivity index (χ3n) is 7.07. The smallest absolute Gasteiger partial charge is 0.419 e. The van der Waals surface area contributed by atoms with Crippen LogP contribution >= 0.6 is 0 Å². The summed E-state index contributed by atoms with van der Waals surface area (Å²) in [5.74, 6) is -6.46. The summed E-state index contributed by atoms with van der Waals surface area (Å²) in [5.41, 5.74) is -1.83. The van der Waals surface area contributed by atoms with Crippen LogP contribution in [0.1, 0.15) is 47.9 Å². The van der Waals surface area contributed by atoms with Gasteiger partial charge in [0.1, 0.15) is 5.82 Å². The molecule has 2 aliphatic carbocycles. The number of rotatable bonds is 7. The molecule has 2 aromatic rings. The van der Waals surface area contributed by atoms with Gasteiger partial charge in [0.15, 0.2) is 5.69 Å². The number of benzene rings is 1. The number of carbonyl (C=O) groups is 2. The van der Waals surface area contributed by atoms with Crippen LogP contribution in [-0.4, -0.2) is 41.1 Å². The molecule has 2 N–H and O–H groups in total. The molecule has 7 nitrogen and oxygen atoms in total. The van der Waals surface area contributed by atoms with Crippen molar-refractivity contribution in [3.05, 3.63) is 58.8 Å². The zero-order valence-electron chi connectivity index (χ0n) is 21.3. The number of halogens is 7. The molecule has 2 aliphatic rings. The quantitative estimate of drug-likeness (QED) is 0.338. The van der Waals surface area contributed by atoms with Crippen molar-refractivity contribution in [2.24, 2.45) is 17.8 Å². The number of amides is 2. The maximum Gasteiger partial charge on any atom is 0.419 e. The van der Waals surface area contributed by atoms with Gasteiger partial charge in [0.25, 0.3) is 5.91 Å². The van der Waals surface area contributed by atoms with Crippen LogP contribution in [0, 0.1) is 23.6 Å². The first-order valence-corrected chi connectivity index (χ1v) is 12.4. The highest BCUT2D eigenvalue weighted by Gasteiger charge is 2.56. The summed E-state index contributed by atoms with van der Waals surface area (Å²) < 4.78 is 98.5. The molecule has 0 aliphatic heterocycles. The number of nitrogens with zero attached hydrogens (tertiary/aromatic N) is 2. The fraction of sp³-hybridized carbons (Fsp3) is 0.462. The van der Waals surface area contributed by atoms with E-state index in [9.17, 15) is 40.3 Å². The molecule has 14 heteroatoms. The SMILES string of the molecule is CCCc1cnc(OC)c(C(=O)N[C@@H]2C3CCC(/C3=C/C(F)(F)F)[C@@H]2C(=O)Nc2ccc(F)c(C(F)(F)F)c2)n1. The third-order valence-corrected chi connectivity index (χ3v) is 7.07. The van der Waals surface area contributed by atoms with E-state index in [1.165, 1.54) is 13.3 Å². The van der Waals surface area contributed by atoms with Crippen LogP contribution in [0.25, 0.3) is 0 Å². The summed E-state index contributed by atoms with van der Waals surface area (Å²) in [6.45, 7) is 1.89. The molecule has 1 heterocycles. The number of carbonyl (C=O) groups excluding carboxylic acids is 2. The minimum atomic E-state index is -5.04. The highest BCUT2D eigenvalue weighted by Crippen LogP contribution is 2.54. The van der Waals surface area contributed by atoms with Crippen LogP contribution in [-0.2, 0) is 17.4 Å². The first kappa shape index (κ1) is 29.3. The van der Waals surface area contributed by atoms with Crippen LogP contribution in [0.15, 0.2) is 36.0 Å². The summed E-state index contributed by atoms with van der Waals surface area (Å²) in [7, 11) is 1.26. The maximum atomic E-state index is 13.7. The molecule has 0 spiro atoms. The van der Waals surface area contributed by atoms with E-state index in [-0.39, 0.29) is 36.1 Å². The van der Waals surface area contributed by atoms with Crippen molar-refractivity contribution >= 4 is 17.5 Å². The van der Waals surface area contributed by atoms with Gasteiger partial charge in [-0.25, -0.2) is 14.4 Å². The van der Waals surface area contributed by atoms with Crippen molar-refractivity contribution in [3.63, 3.8) is 0 Å². The molecule has 2 saturated carbocycles. The number of fused-ring (bicyclic) bond motifs is 2. The van der Waals surface area contributed by atoms with Crippen LogP contribution in [0.5, 0.6) is 5.88 Å². The number of ether oxygens (including phenoxy) is 1. The second kappa shape index (κ2) is 11.0. The van der Waals surface area contributed by atoms with Crippen LogP contribution in [0.3, 0.4) is 0 Å². The van der Waals surface area contributed by atoms with E-state index >= 15 is 0 Å². The standard InChI is InChI=1S/C26H25F7N4O3/c1-3-4-13-11-34-24(40-2)21(35-13)23(39)37-20-15-7-6-14(16(15)10-25(28,29)30)19(20)22(38)36-12-5-8-18(27)17(9-12)26(31,32)33/h5,8-11,14-15,19-20H,3-4,6-7H2,1-2H3,(H,36,38)(H,37,39)/b16-10-/t14?,15?,19-,20+/m0/s1. The van der Waals surface area contributed by atoms with Gasteiger partial charge in [-0.3, -0.25) is 9.59 Å². The largest absolute Gasteiger partial charge is 0.479 e. The number of nitrogens with one attached hydrogen (secondary N) is 2. The number of aryl methyl sites for hydroxylation is 1. The lowest BCUT2D eigenvalue weighted by Gasteiger charge is -2.30. The lowest BCUT2D eigenvalue weighted by molar-refractivity contribution is -0.140. The molecule has 2 fully saturated rings. The van der Waals surface area contributed by atoms with Crippen molar-refractivity contribution < 1.29 is 45.1 Å². The van der Waals surface area contributed by atoms with Gasteiger partial charge in [0.2, 0.25) is 11.8 Å². The van der Waals surface area contributed by atoms with Gasteiger partial charge < -0.3 is 15.4 Å². The second-order valence-electron chi connectivity index (χ2n) is 9.65. The van der Waals surface area contributed by atoms with Gasteiger partial charge in [0.05, 0.1) is 30.5 Å². The summed E-state index contributed by atoms with van der Waals surface area (Å²) in [6.07, 6.45) is -6.56. The maximum absolute atomic E-state index is 13.7. The monoisotopic (exact) mass is 574 g/mol. The fourth-order valence-electron chi connectivity index (χ4n) is 5.54. The van der Waals surface area contributed by atoms with Gasteiger partial charge in [0, 0.05) is 23.7 Å². The summed E-state index contributed by atoms with van der Waals surface area (Å²) in [6, 6.07) is 0.709. The molecular weight excluding hydrogens is 549 g/mol. The molecule has 0 saturated heterocycles. The number of methoxy groups -OCH3 is 1. The molecule has 40 heavy (non-hydrogen) atoms. The summed E-state index contributed by atoms with van der Waals surface area (Å²) in [5, 5.41) is 4.88. The van der Waals surface area contributed by atoms with E-state index in [2.05, 4.69) is 20.6 Å². The lowest BCUT2D eigenvalue weighted by atomic mass is 9.83. The van der Waals surface area contributed by atoms with Gasteiger partial charge in [-0.15, -0.1) is 0 Å². The van der Waals surface area contributed by atoms with Gasteiger partial charge in [-0.05, 0) is 43.4 Å². The van der Waals surface area contributed by atoms with E-state index in [0.29, 0.717) is 30.7 Å². The van der Waals surface area contributed by atoms with Crippen LogP contribution in [0.4, 0.5) is 36.4 Å². The first-order valence-electron chi connectivity index (χ1n) is 12.4. The van der Waals surface area contributed by atoms with Gasteiger partial charge in [-0.2, -0.15) is 26.3 Å². The molecule has 2 bridgehead atoms. The normalized spacial score (nSPS) is 23.4. The minimum Gasteiger partial charge on any atom is -0.479 e. The fourth-order valence-corrected chi connectivity index (χ4v) is 5.54. The van der Waals surface area contributed by atoms with E-state index in [1.807, 2.05) is 6.92 Å². The molecule has 4 atom stereocenters. The number of hydrogen-bond acceptors (Lipinski definition) is 5. The van der Waals surface area contributed by atoms with E-state index < -0.39 is 65.0 Å². The lowest BCUT2D eigenvalue weighted by Crippen LogP contribution is -2.48. The van der Waals surface area contributed by atoms with Crippen LogP contribution in [0.2, 0.25) is 0 Å². The average Bonchev–Trinajstić information content (AvgIpc) is 3.37. The van der Waals surface area contributed by atoms with E-state index in [4.69, 9.17) is 4.74 Å². The Morgan fingerprint density at radius 1 is 1.12 bits per heavy atom. The molecule has 2 amide bonds. The number of hydrogen-bond donors (Lipinski definition) is 2. The Labute approximate surface area is 224 Å². The molecule has 2 unspecified atom stereocenters. The Bertz CT molecular complexity index is 1330. The molecule has 216 valence electrons. The molecule has 0 radical (unpaired) electrons. The van der Waals surface area contributed by atoms with Crippen molar-refractivity contribution in [2.75, 3.05) is 12.4 Å². The van der Waals surface area contributed by atoms with E-state index in [0.717, 1.165) is 6.07 Å². The first-order chi connectivity index (χ1) is 18.7. The minimum absolute atomic E-state index is 0.0779. The predicted octanol–water partition coefficient (Wildman–Crippen LogP) is 5.48. The Balaban J connectivity index is 1.67. The number of allylic oxidation sites excluding steroid dienone is 1. The highest BCUT2D eigenvalue weighted by molar-refractivity contribution is 5.97. The third kappa shape index (κ3) is 6.04. The number of anilines is 1. The average molecular weight is 574 g/mol. The second-order valence-corrected chi connectivity index (χ2v) is 9.65. The molecule has 1 aromatic heterocycles. The zero-order valence-corrected chi connectivity index (χ0v) is 21.3. The Morgan fingerprint density at radius 2 is 1.82 bits per heavy atom. The molecule has 1 aromatic carbocycles. The highest BCUT2D eigenvalue weighted by atomic mass is 19.4. The summed E-state index contributed by atoms with van der Waals surface area (Å²) in [4.78, 5) is 35.0.